The largest absolute Gasteiger partial charge is 0.383 e. The lowest BCUT2D eigenvalue weighted by Gasteiger charge is -2.34. The predicted octanol–water partition coefficient (Wildman–Crippen LogP) is 1.52. The number of rotatable bonds is 9. The number of hydrogen-bond acceptors (Lipinski definition) is 5. The minimum Gasteiger partial charge on any atom is -0.383 e. The van der Waals surface area contributed by atoms with Crippen molar-refractivity contribution in [1.82, 2.24) is 9.21 Å². The zero-order chi connectivity index (χ0) is 19.9. The van der Waals surface area contributed by atoms with Crippen LogP contribution in [0.5, 0.6) is 0 Å². The number of carbonyl (C=O) groups excluding carboxylic acids is 1. The average Bonchev–Trinajstić information content (AvgIpc) is 2.68. The Balaban J connectivity index is 2.11. The molecule has 1 atom stereocenters. The summed E-state index contributed by atoms with van der Waals surface area (Å²) in [5.41, 5.74) is 1.01. The Labute approximate surface area is 162 Å². The maximum atomic E-state index is 13.0. The van der Waals surface area contributed by atoms with E-state index >= 15 is 0 Å². The van der Waals surface area contributed by atoms with Gasteiger partial charge in [-0.25, -0.2) is 8.42 Å². The summed E-state index contributed by atoms with van der Waals surface area (Å²) in [4.78, 5) is 14.9. The number of aryl methyl sites for hydroxylation is 1. The zero-order valence-electron chi connectivity index (χ0n) is 16.4. The molecular formula is C19H30N2O5S. The van der Waals surface area contributed by atoms with Crippen LogP contribution in [0.4, 0.5) is 0 Å². The summed E-state index contributed by atoms with van der Waals surface area (Å²) < 4.78 is 37.5. The lowest BCUT2D eigenvalue weighted by Crippen LogP contribution is -2.48. The van der Waals surface area contributed by atoms with Gasteiger partial charge in [-0.15, -0.1) is 0 Å². The predicted molar refractivity (Wildman–Crippen MR) is 103 cm³/mol. The second-order valence-corrected chi connectivity index (χ2v) is 8.76. The van der Waals surface area contributed by atoms with Gasteiger partial charge in [-0.3, -0.25) is 4.79 Å². The van der Waals surface area contributed by atoms with Gasteiger partial charge in [-0.2, -0.15) is 4.31 Å². The smallest absolute Gasteiger partial charge is 0.243 e. The van der Waals surface area contributed by atoms with E-state index in [1.54, 1.807) is 43.4 Å². The van der Waals surface area contributed by atoms with E-state index in [4.69, 9.17) is 9.47 Å². The van der Waals surface area contributed by atoms with Crippen LogP contribution in [-0.2, 0) is 24.3 Å². The van der Waals surface area contributed by atoms with Gasteiger partial charge in [0, 0.05) is 40.4 Å². The zero-order valence-corrected chi connectivity index (χ0v) is 17.2. The van der Waals surface area contributed by atoms with Crippen LogP contribution in [0.1, 0.15) is 18.4 Å². The first kappa shape index (κ1) is 21.8. The molecule has 1 aliphatic rings. The van der Waals surface area contributed by atoms with Crippen molar-refractivity contribution < 1.29 is 22.7 Å². The molecule has 8 heteroatoms. The molecule has 0 unspecified atom stereocenters. The maximum Gasteiger partial charge on any atom is 0.243 e. The third kappa shape index (κ3) is 5.75. The monoisotopic (exact) mass is 398 g/mol. The second-order valence-electron chi connectivity index (χ2n) is 6.83. The molecule has 0 radical (unpaired) electrons. The normalized spacial score (nSPS) is 18.4. The molecule has 1 aliphatic heterocycles. The van der Waals surface area contributed by atoms with Gasteiger partial charge in [0.15, 0.2) is 0 Å². The first-order chi connectivity index (χ1) is 12.9. The average molecular weight is 399 g/mol. The fourth-order valence-corrected chi connectivity index (χ4v) is 4.74. The number of ether oxygens (including phenoxy) is 2. The van der Waals surface area contributed by atoms with Crippen molar-refractivity contribution in [2.75, 3.05) is 53.6 Å². The second kappa shape index (κ2) is 10.2. The Hall–Kier alpha value is -1.48. The van der Waals surface area contributed by atoms with E-state index in [0.29, 0.717) is 45.7 Å². The molecule has 1 fully saturated rings. The van der Waals surface area contributed by atoms with Crippen LogP contribution in [-0.4, -0.2) is 77.1 Å². The summed E-state index contributed by atoms with van der Waals surface area (Å²) in [6.07, 6.45) is 1.36. The van der Waals surface area contributed by atoms with Crippen LogP contribution in [0.2, 0.25) is 0 Å². The van der Waals surface area contributed by atoms with Crippen molar-refractivity contribution in [3.8, 4) is 0 Å². The van der Waals surface area contributed by atoms with Crippen LogP contribution >= 0.6 is 0 Å². The summed E-state index contributed by atoms with van der Waals surface area (Å²) in [6, 6.07) is 6.83. The molecular weight excluding hydrogens is 368 g/mol. The van der Waals surface area contributed by atoms with Gasteiger partial charge in [0.1, 0.15) is 0 Å². The molecule has 1 amide bonds. The number of amides is 1. The van der Waals surface area contributed by atoms with E-state index in [1.165, 1.54) is 4.31 Å². The minimum atomic E-state index is -3.59. The van der Waals surface area contributed by atoms with E-state index < -0.39 is 10.0 Å². The molecule has 2 rings (SSSR count). The molecule has 0 aromatic heterocycles. The fraction of sp³-hybridized carbons (Fsp3) is 0.632. The summed E-state index contributed by atoms with van der Waals surface area (Å²) in [5.74, 6) is -0.374. The topological polar surface area (TPSA) is 76.2 Å². The number of piperidine rings is 1. The Bertz CT molecular complexity index is 697. The van der Waals surface area contributed by atoms with Crippen LogP contribution in [0.25, 0.3) is 0 Å². The van der Waals surface area contributed by atoms with Crippen molar-refractivity contribution >= 4 is 15.9 Å². The Kier molecular flexibility index (Phi) is 8.22. The van der Waals surface area contributed by atoms with Gasteiger partial charge < -0.3 is 14.4 Å². The highest BCUT2D eigenvalue weighted by Gasteiger charge is 2.34. The van der Waals surface area contributed by atoms with Crippen molar-refractivity contribution in [2.24, 2.45) is 5.92 Å². The third-order valence-corrected chi connectivity index (χ3v) is 6.71. The van der Waals surface area contributed by atoms with Crippen molar-refractivity contribution in [3.05, 3.63) is 29.8 Å². The van der Waals surface area contributed by atoms with Crippen LogP contribution in [0.15, 0.2) is 29.2 Å². The molecule has 0 aliphatic carbocycles. The number of carbonyl (C=O) groups is 1. The first-order valence-corrected chi connectivity index (χ1v) is 10.7. The number of benzene rings is 1. The number of sulfonamides is 1. The quantitative estimate of drug-likeness (QED) is 0.630. The lowest BCUT2D eigenvalue weighted by molar-refractivity contribution is -0.138. The van der Waals surface area contributed by atoms with Crippen LogP contribution in [0, 0.1) is 12.8 Å². The van der Waals surface area contributed by atoms with Crippen molar-refractivity contribution in [1.29, 1.82) is 0 Å². The van der Waals surface area contributed by atoms with Crippen LogP contribution < -0.4 is 0 Å². The molecule has 1 aromatic rings. The highest BCUT2D eigenvalue weighted by molar-refractivity contribution is 7.89. The molecule has 152 valence electrons. The maximum absolute atomic E-state index is 13.0. The molecule has 0 bridgehead atoms. The molecule has 27 heavy (non-hydrogen) atoms. The van der Waals surface area contributed by atoms with Gasteiger partial charge in [0.05, 0.1) is 24.0 Å². The standard InChI is InChI=1S/C19H30N2O5S/c1-16-6-8-18(9-7-16)27(23,24)21-10-4-5-17(15-21)19(22)20(11-13-25-2)12-14-26-3/h6-9,17H,4-5,10-15H2,1-3H3/t17-/m0/s1. The Morgan fingerprint density at radius 3 is 2.30 bits per heavy atom. The SMILES string of the molecule is COCCN(CCOC)C(=O)[C@H]1CCCN(S(=O)(=O)c2ccc(C)cc2)C1. The highest BCUT2D eigenvalue weighted by Crippen LogP contribution is 2.25. The summed E-state index contributed by atoms with van der Waals surface area (Å²) in [5, 5.41) is 0. The van der Waals surface area contributed by atoms with E-state index in [2.05, 4.69) is 0 Å². The third-order valence-electron chi connectivity index (χ3n) is 4.83. The first-order valence-electron chi connectivity index (χ1n) is 9.23. The Morgan fingerprint density at radius 2 is 1.74 bits per heavy atom. The van der Waals surface area contributed by atoms with Gasteiger partial charge in [-0.05, 0) is 31.9 Å². The fourth-order valence-electron chi connectivity index (χ4n) is 3.21. The molecule has 0 N–H and O–H groups in total. The Morgan fingerprint density at radius 1 is 1.15 bits per heavy atom. The van der Waals surface area contributed by atoms with Gasteiger partial charge in [0.2, 0.25) is 15.9 Å². The summed E-state index contributed by atoms with van der Waals surface area (Å²) in [6.45, 7) is 4.39. The minimum absolute atomic E-state index is 0.0343. The summed E-state index contributed by atoms with van der Waals surface area (Å²) >= 11 is 0. The molecule has 1 saturated heterocycles. The lowest BCUT2D eigenvalue weighted by atomic mass is 9.98. The van der Waals surface area contributed by atoms with Gasteiger partial charge in [0.25, 0.3) is 0 Å². The van der Waals surface area contributed by atoms with E-state index in [-0.39, 0.29) is 23.3 Å². The van der Waals surface area contributed by atoms with E-state index in [1.807, 2.05) is 6.92 Å². The molecule has 0 saturated carbocycles. The van der Waals surface area contributed by atoms with Crippen LogP contribution in [0.3, 0.4) is 0 Å². The summed E-state index contributed by atoms with van der Waals surface area (Å²) in [7, 11) is -0.406. The molecule has 0 spiro atoms. The van der Waals surface area contributed by atoms with Gasteiger partial charge in [-0.1, -0.05) is 17.7 Å². The highest BCUT2D eigenvalue weighted by atomic mass is 32.2. The molecule has 1 aromatic carbocycles. The van der Waals surface area contributed by atoms with Crippen molar-refractivity contribution in [2.45, 2.75) is 24.7 Å². The molecule has 1 heterocycles. The van der Waals surface area contributed by atoms with Gasteiger partial charge >= 0.3 is 0 Å². The number of methoxy groups -OCH3 is 2. The van der Waals surface area contributed by atoms with E-state index in [9.17, 15) is 13.2 Å². The molecule has 7 nitrogen and oxygen atoms in total. The number of hydrogen-bond donors (Lipinski definition) is 0. The number of nitrogens with zero attached hydrogens (tertiary/aromatic N) is 2. The van der Waals surface area contributed by atoms with Crippen molar-refractivity contribution in [3.63, 3.8) is 0 Å². The van der Waals surface area contributed by atoms with E-state index in [0.717, 1.165) is 5.56 Å².